The molecule has 108 valence electrons. The minimum absolute atomic E-state index is 0.218. The lowest BCUT2D eigenvalue weighted by molar-refractivity contribution is 0.397. The molecule has 0 saturated heterocycles. The maximum absolute atomic E-state index is 14.3. The van der Waals surface area contributed by atoms with Crippen LogP contribution in [0.2, 0.25) is 0 Å². The molecule has 0 fully saturated rings. The van der Waals surface area contributed by atoms with Gasteiger partial charge in [-0.1, -0.05) is 13.0 Å². The Labute approximate surface area is 131 Å². The molecule has 0 aliphatic rings. The Morgan fingerprint density at radius 3 is 2.75 bits per heavy atom. The van der Waals surface area contributed by atoms with Crippen molar-refractivity contribution in [2.24, 2.45) is 0 Å². The summed E-state index contributed by atoms with van der Waals surface area (Å²) in [7, 11) is 1.57. The highest BCUT2D eigenvalue weighted by molar-refractivity contribution is 9.10. The number of hydrogen-bond donors (Lipinski definition) is 1. The summed E-state index contributed by atoms with van der Waals surface area (Å²) < 4.78 is 20.6. The lowest BCUT2D eigenvalue weighted by Gasteiger charge is -2.21. The number of aryl methyl sites for hydroxylation is 1. The van der Waals surface area contributed by atoms with Crippen molar-refractivity contribution in [1.29, 1.82) is 0 Å². The van der Waals surface area contributed by atoms with Gasteiger partial charge in [0.25, 0.3) is 0 Å². The number of nitrogens with one attached hydrogen (secondary N) is 1. The van der Waals surface area contributed by atoms with Crippen LogP contribution in [0, 0.1) is 12.7 Å². The molecule has 0 aliphatic carbocycles. The standard InChI is InChI=1S/C15H17BrFNOS/c1-4-18-14(15-10(16)8-9(2)20-15)13-11(17)6-5-7-12(13)19-3/h5-8,14,18H,4H2,1-3H3. The van der Waals surface area contributed by atoms with E-state index in [1.807, 2.05) is 13.8 Å². The van der Waals surface area contributed by atoms with Crippen LogP contribution < -0.4 is 10.1 Å². The van der Waals surface area contributed by atoms with Crippen molar-refractivity contribution in [1.82, 2.24) is 5.32 Å². The van der Waals surface area contributed by atoms with Crippen molar-refractivity contribution >= 4 is 27.3 Å². The molecule has 20 heavy (non-hydrogen) atoms. The van der Waals surface area contributed by atoms with E-state index < -0.39 is 0 Å². The normalized spacial score (nSPS) is 12.4. The van der Waals surface area contributed by atoms with Gasteiger partial charge in [0.05, 0.1) is 18.7 Å². The third kappa shape index (κ3) is 3.05. The Kier molecular flexibility index (Phi) is 5.18. The van der Waals surface area contributed by atoms with Gasteiger partial charge in [-0.3, -0.25) is 0 Å². The van der Waals surface area contributed by atoms with Gasteiger partial charge in [-0.2, -0.15) is 0 Å². The first kappa shape index (κ1) is 15.5. The van der Waals surface area contributed by atoms with Gasteiger partial charge >= 0.3 is 0 Å². The van der Waals surface area contributed by atoms with Crippen molar-refractivity contribution < 1.29 is 9.13 Å². The zero-order valence-corrected chi connectivity index (χ0v) is 14.1. The van der Waals surface area contributed by atoms with Crippen molar-refractivity contribution in [3.63, 3.8) is 0 Å². The summed E-state index contributed by atoms with van der Waals surface area (Å²) in [5.74, 6) is 0.308. The van der Waals surface area contributed by atoms with Crippen LogP contribution in [0.3, 0.4) is 0 Å². The van der Waals surface area contributed by atoms with E-state index in [0.29, 0.717) is 11.3 Å². The van der Waals surface area contributed by atoms with Crippen LogP contribution in [0.15, 0.2) is 28.7 Å². The molecule has 2 rings (SSSR count). The molecular formula is C15H17BrFNOS. The van der Waals surface area contributed by atoms with Crippen molar-refractivity contribution in [2.45, 2.75) is 19.9 Å². The largest absolute Gasteiger partial charge is 0.496 e. The summed E-state index contributed by atoms with van der Waals surface area (Å²) in [5.41, 5.74) is 0.555. The molecule has 1 N–H and O–H groups in total. The lowest BCUT2D eigenvalue weighted by Crippen LogP contribution is -2.23. The minimum Gasteiger partial charge on any atom is -0.496 e. The van der Waals surface area contributed by atoms with Gasteiger partial charge in [-0.05, 0) is 47.6 Å². The maximum Gasteiger partial charge on any atom is 0.132 e. The zero-order valence-electron chi connectivity index (χ0n) is 11.7. The molecule has 2 aromatic rings. The molecule has 1 aromatic carbocycles. The average molecular weight is 358 g/mol. The molecular weight excluding hydrogens is 341 g/mol. The third-order valence-corrected chi connectivity index (χ3v) is 5.06. The summed E-state index contributed by atoms with van der Waals surface area (Å²) in [6.07, 6.45) is 0. The quantitative estimate of drug-likeness (QED) is 0.839. The van der Waals surface area contributed by atoms with Gasteiger partial charge in [-0.15, -0.1) is 11.3 Å². The smallest absolute Gasteiger partial charge is 0.132 e. The lowest BCUT2D eigenvalue weighted by atomic mass is 10.0. The Balaban J connectivity index is 2.57. The summed E-state index contributed by atoms with van der Waals surface area (Å²) in [6.45, 7) is 4.79. The average Bonchev–Trinajstić information content (AvgIpc) is 2.75. The molecule has 5 heteroatoms. The fourth-order valence-electron chi connectivity index (χ4n) is 2.20. The molecule has 0 saturated carbocycles. The second-order valence-corrected chi connectivity index (χ2v) is 6.56. The minimum atomic E-state index is -0.256. The number of benzene rings is 1. The first-order valence-corrected chi connectivity index (χ1v) is 8.01. The highest BCUT2D eigenvalue weighted by Crippen LogP contribution is 2.39. The van der Waals surface area contributed by atoms with Gasteiger partial charge in [0.1, 0.15) is 11.6 Å². The summed E-state index contributed by atoms with van der Waals surface area (Å²) >= 11 is 5.22. The van der Waals surface area contributed by atoms with Gasteiger partial charge < -0.3 is 10.1 Å². The van der Waals surface area contributed by atoms with Gasteiger partial charge in [0, 0.05) is 14.2 Å². The molecule has 0 amide bonds. The molecule has 1 aromatic heterocycles. The fraction of sp³-hybridized carbons (Fsp3) is 0.333. The maximum atomic E-state index is 14.3. The van der Waals surface area contributed by atoms with Gasteiger partial charge in [0.15, 0.2) is 0 Å². The van der Waals surface area contributed by atoms with Crippen LogP contribution in [-0.2, 0) is 0 Å². The van der Waals surface area contributed by atoms with Gasteiger partial charge in [-0.25, -0.2) is 4.39 Å². The summed E-state index contributed by atoms with van der Waals surface area (Å²) in [4.78, 5) is 2.25. The summed E-state index contributed by atoms with van der Waals surface area (Å²) in [6, 6.07) is 6.75. The van der Waals surface area contributed by atoms with Crippen LogP contribution in [0.25, 0.3) is 0 Å². The number of methoxy groups -OCH3 is 1. The second kappa shape index (κ2) is 6.70. The van der Waals surface area contributed by atoms with E-state index in [9.17, 15) is 4.39 Å². The van der Waals surface area contributed by atoms with E-state index in [1.54, 1.807) is 30.6 Å². The molecule has 0 spiro atoms. The van der Waals surface area contributed by atoms with E-state index in [1.165, 1.54) is 10.9 Å². The first-order valence-electron chi connectivity index (χ1n) is 6.40. The van der Waals surface area contributed by atoms with E-state index in [0.717, 1.165) is 15.9 Å². The predicted octanol–water partition coefficient (Wildman–Crippen LogP) is 4.67. The van der Waals surface area contributed by atoms with Crippen LogP contribution in [0.1, 0.15) is 28.3 Å². The number of hydrogen-bond acceptors (Lipinski definition) is 3. The Hall–Kier alpha value is -0.910. The number of rotatable bonds is 5. The Bertz CT molecular complexity index is 600. The molecule has 1 unspecified atom stereocenters. The van der Waals surface area contributed by atoms with Crippen molar-refractivity contribution in [3.05, 3.63) is 49.9 Å². The van der Waals surface area contributed by atoms with Crippen LogP contribution in [0.5, 0.6) is 5.75 Å². The van der Waals surface area contributed by atoms with E-state index in [4.69, 9.17) is 4.74 Å². The van der Waals surface area contributed by atoms with Gasteiger partial charge in [0.2, 0.25) is 0 Å². The molecule has 1 heterocycles. The first-order chi connectivity index (χ1) is 9.58. The summed E-state index contributed by atoms with van der Waals surface area (Å²) in [5, 5.41) is 3.35. The van der Waals surface area contributed by atoms with Crippen LogP contribution >= 0.6 is 27.3 Å². The fourth-order valence-corrected chi connectivity index (χ4v) is 4.17. The van der Waals surface area contributed by atoms with E-state index in [-0.39, 0.29) is 11.9 Å². The number of halogens is 2. The molecule has 0 aliphatic heterocycles. The highest BCUT2D eigenvalue weighted by atomic mass is 79.9. The predicted molar refractivity (Wildman–Crippen MR) is 85.2 cm³/mol. The van der Waals surface area contributed by atoms with Crippen LogP contribution in [-0.4, -0.2) is 13.7 Å². The zero-order chi connectivity index (χ0) is 14.7. The number of ether oxygens (including phenoxy) is 1. The van der Waals surface area contributed by atoms with Crippen molar-refractivity contribution in [3.8, 4) is 5.75 Å². The Morgan fingerprint density at radius 1 is 1.45 bits per heavy atom. The number of thiophene rings is 1. The SMILES string of the molecule is CCNC(c1sc(C)cc1Br)c1c(F)cccc1OC. The Morgan fingerprint density at radius 2 is 2.20 bits per heavy atom. The topological polar surface area (TPSA) is 21.3 Å². The van der Waals surface area contributed by atoms with E-state index in [2.05, 4.69) is 27.3 Å². The molecule has 1 atom stereocenters. The third-order valence-electron chi connectivity index (χ3n) is 3.03. The van der Waals surface area contributed by atoms with Crippen molar-refractivity contribution in [2.75, 3.05) is 13.7 Å². The molecule has 2 nitrogen and oxygen atoms in total. The van der Waals surface area contributed by atoms with Crippen LogP contribution in [0.4, 0.5) is 4.39 Å². The highest BCUT2D eigenvalue weighted by Gasteiger charge is 2.24. The molecule has 0 bridgehead atoms. The molecule has 0 radical (unpaired) electrons. The monoisotopic (exact) mass is 357 g/mol. The van der Waals surface area contributed by atoms with E-state index >= 15 is 0 Å². The second-order valence-electron chi connectivity index (χ2n) is 4.42.